The third-order valence-electron chi connectivity index (χ3n) is 2.71. The van der Waals surface area contributed by atoms with E-state index in [1.54, 1.807) is 0 Å². The maximum atomic E-state index is 13.1. The summed E-state index contributed by atoms with van der Waals surface area (Å²) < 4.78 is 54.5. The summed E-state index contributed by atoms with van der Waals surface area (Å²) in [6.07, 6.45) is 0. The molecule has 2 rings (SSSR count). The van der Waals surface area contributed by atoms with Gasteiger partial charge in [0.05, 0.1) is 4.90 Å². The molecule has 0 radical (unpaired) electrons. The van der Waals surface area contributed by atoms with E-state index in [0.29, 0.717) is 6.07 Å². The Kier molecular flexibility index (Phi) is 3.84. The van der Waals surface area contributed by atoms with Crippen LogP contribution in [0.3, 0.4) is 0 Å². The molecule has 0 aromatic heterocycles. The number of hydrogen-bond acceptors (Lipinski definition) is 4. The van der Waals surface area contributed by atoms with Crippen LogP contribution in [-0.2, 0) is 10.0 Å². The Morgan fingerprint density at radius 1 is 1.05 bits per heavy atom. The summed E-state index contributed by atoms with van der Waals surface area (Å²) in [6.45, 7) is 1.45. The van der Waals surface area contributed by atoms with Crippen molar-refractivity contribution in [2.75, 3.05) is 5.73 Å². The lowest BCUT2D eigenvalue weighted by molar-refractivity contribution is 0.463. The van der Waals surface area contributed by atoms with E-state index in [9.17, 15) is 17.2 Å². The molecule has 0 unspecified atom stereocenters. The van der Waals surface area contributed by atoms with Crippen LogP contribution in [0.25, 0.3) is 0 Å². The van der Waals surface area contributed by atoms with Crippen LogP contribution >= 0.6 is 0 Å². The van der Waals surface area contributed by atoms with E-state index in [1.807, 2.05) is 0 Å². The smallest absolute Gasteiger partial charge is 0.238 e. The third kappa shape index (κ3) is 3.47. The van der Waals surface area contributed by atoms with Crippen molar-refractivity contribution in [2.45, 2.75) is 11.8 Å². The van der Waals surface area contributed by atoms with Crippen molar-refractivity contribution in [3.05, 3.63) is 47.5 Å². The average Bonchev–Trinajstić information content (AvgIpc) is 2.30. The number of sulfonamides is 1. The van der Waals surface area contributed by atoms with Gasteiger partial charge in [-0.1, -0.05) is 0 Å². The highest BCUT2D eigenvalue weighted by Gasteiger charge is 2.17. The Labute approximate surface area is 120 Å². The summed E-state index contributed by atoms with van der Waals surface area (Å²) in [5, 5.41) is 5.08. The molecule has 21 heavy (non-hydrogen) atoms. The maximum absolute atomic E-state index is 13.1. The molecule has 112 valence electrons. The highest BCUT2D eigenvalue weighted by Crippen LogP contribution is 2.32. The minimum absolute atomic E-state index is 0.0454. The number of ether oxygens (including phenoxy) is 1. The molecule has 0 heterocycles. The van der Waals surface area contributed by atoms with E-state index in [2.05, 4.69) is 0 Å². The van der Waals surface area contributed by atoms with Gasteiger partial charge in [0.25, 0.3) is 0 Å². The molecule has 8 heteroatoms. The first-order chi connectivity index (χ1) is 9.66. The van der Waals surface area contributed by atoms with Crippen molar-refractivity contribution in [3.63, 3.8) is 0 Å². The summed E-state index contributed by atoms with van der Waals surface area (Å²) in [4.78, 5) is -0.214. The maximum Gasteiger partial charge on any atom is 0.238 e. The minimum Gasteiger partial charge on any atom is -0.457 e. The van der Waals surface area contributed by atoms with E-state index in [-0.39, 0.29) is 27.6 Å². The summed E-state index contributed by atoms with van der Waals surface area (Å²) in [6, 6.07) is 5.13. The van der Waals surface area contributed by atoms with E-state index >= 15 is 0 Å². The molecule has 0 saturated carbocycles. The van der Waals surface area contributed by atoms with Gasteiger partial charge >= 0.3 is 0 Å². The van der Waals surface area contributed by atoms with Crippen molar-refractivity contribution < 1.29 is 21.9 Å². The molecule has 0 aliphatic heterocycles. The second-order valence-corrected chi connectivity index (χ2v) is 5.92. The number of hydrogen-bond donors (Lipinski definition) is 2. The Hall–Kier alpha value is -2.19. The monoisotopic (exact) mass is 314 g/mol. The van der Waals surface area contributed by atoms with Gasteiger partial charge in [0.15, 0.2) is 0 Å². The normalized spacial score (nSPS) is 11.4. The minimum atomic E-state index is -4.00. The fraction of sp³-hybridized carbons (Fsp3) is 0.0769. The lowest BCUT2D eigenvalue weighted by atomic mass is 10.2. The number of primary sulfonamides is 1. The van der Waals surface area contributed by atoms with Crippen LogP contribution in [0, 0.1) is 18.6 Å². The quantitative estimate of drug-likeness (QED) is 0.850. The molecule has 2 aromatic rings. The summed E-state index contributed by atoms with van der Waals surface area (Å²) in [7, 11) is -4.00. The molecule has 0 amide bonds. The van der Waals surface area contributed by atoms with Crippen LogP contribution in [0.2, 0.25) is 0 Å². The van der Waals surface area contributed by atoms with Gasteiger partial charge in [0.2, 0.25) is 10.0 Å². The second kappa shape index (κ2) is 5.30. The summed E-state index contributed by atoms with van der Waals surface area (Å²) in [5.41, 5.74) is 5.88. The number of nitrogens with two attached hydrogens (primary N) is 2. The van der Waals surface area contributed by atoms with Gasteiger partial charge in [0, 0.05) is 35.5 Å². The van der Waals surface area contributed by atoms with Crippen LogP contribution < -0.4 is 15.6 Å². The Morgan fingerprint density at radius 2 is 1.62 bits per heavy atom. The zero-order chi connectivity index (χ0) is 15.8. The SMILES string of the molecule is Cc1c(Oc2cc(F)cc(F)c2)cc(N)cc1S(N)(=O)=O. The van der Waals surface area contributed by atoms with Gasteiger partial charge in [-0.25, -0.2) is 22.3 Å². The molecular formula is C13H12F2N2O3S. The topological polar surface area (TPSA) is 95.4 Å². The van der Waals surface area contributed by atoms with Crippen molar-refractivity contribution in [1.82, 2.24) is 0 Å². The van der Waals surface area contributed by atoms with Crippen molar-refractivity contribution in [1.29, 1.82) is 0 Å². The fourth-order valence-corrected chi connectivity index (χ4v) is 2.63. The fourth-order valence-electron chi connectivity index (χ4n) is 1.80. The number of halogens is 2. The van der Waals surface area contributed by atoms with Crippen LogP contribution in [0.5, 0.6) is 11.5 Å². The van der Waals surface area contributed by atoms with Crippen LogP contribution in [0.4, 0.5) is 14.5 Å². The molecule has 5 nitrogen and oxygen atoms in total. The zero-order valence-corrected chi connectivity index (χ0v) is 11.7. The number of rotatable bonds is 3. The van der Waals surface area contributed by atoms with E-state index in [0.717, 1.165) is 12.1 Å². The Bertz CT molecular complexity index is 787. The van der Waals surface area contributed by atoms with Crippen molar-refractivity contribution in [2.24, 2.45) is 5.14 Å². The number of anilines is 1. The van der Waals surface area contributed by atoms with Crippen LogP contribution in [-0.4, -0.2) is 8.42 Å². The number of benzene rings is 2. The molecule has 0 aliphatic carbocycles. The molecule has 0 aliphatic rings. The summed E-state index contributed by atoms with van der Waals surface area (Å²) in [5.74, 6) is -1.72. The lowest BCUT2D eigenvalue weighted by Gasteiger charge is -2.13. The second-order valence-electron chi connectivity index (χ2n) is 4.39. The summed E-state index contributed by atoms with van der Waals surface area (Å²) >= 11 is 0. The van der Waals surface area contributed by atoms with E-state index < -0.39 is 21.7 Å². The first-order valence-corrected chi connectivity index (χ1v) is 7.28. The molecule has 4 N–H and O–H groups in total. The predicted octanol–water partition coefficient (Wildman–Crippen LogP) is 2.30. The average molecular weight is 314 g/mol. The van der Waals surface area contributed by atoms with Crippen LogP contribution in [0.15, 0.2) is 35.2 Å². The lowest BCUT2D eigenvalue weighted by Crippen LogP contribution is -2.14. The largest absolute Gasteiger partial charge is 0.457 e. The third-order valence-corrected chi connectivity index (χ3v) is 3.74. The molecule has 0 saturated heterocycles. The molecule has 0 atom stereocenters. The predicted molar refractivity (Wildman–Crippen MR) is 73.4 cm³/mol. The van der Waals surface area contributed by atoms with Gasteiger partial charge in [-0.2, -0.15) is 0 Å². The highest BCUT2D eigenvalue weighted by molar-refractivity contribution is 7.89. The van der Waals surface area contributed by atoms with Crippen molar-refractivity contribution >= 4 is 15.7 Å². The number of nitrogen functional groups attached to an aromatic ring is 1. The van der Waals surface area contributed by atoms with Gasteiger partial charge in [-0.3, -0.25) is 0 Å². The van der Waals surface area contributed by atoms with Gasteiger partial charge < -0.3 is 10.5 Å². The molecule has 0 fully saturated rings. The Morgan fingerprint density at radius 3 is 2.14 bits per heavy atom. The van der Waals surface area contributed by atoms with Gasteiger partial charge in [0.1, 0.15) is 23.1 Å². The van der Waals surface area contributed by atoms with Gasteiger partial charge in [-0.15, -0.1) is 0 Å². The Balaban J connectivity index is 2.52. The van der Waals surface area contributed by atoms with Crippen molar-refractivity contribution in [3.8, 4) is 11.5 Å². The zero-order valence-electron chi connectivity index (χ0n) is 10.9. The first kappa shape index (κ1) is 15.2. The molecular weight excluding hydrogens is 302 g/mol. The molecule has 2 aromatic carbocycles. The first-order valence-electron chi connectivity index (χ1n) is 5.73. The van der Waals surface area contributed by atoms with E-state index in [4.69, 9.17) is 15.6 Å². The highest BCUT2D eigenvalue weighted by atomic mass is 32.2. The van der Waals surface area contributed by atoms with Crippen LogP contribution in [0.1, 0.15) is 5.56 Å². The molecule has 0 spiro atoms. The van der Waals surface area contributed by atoms with E-state index in [1.165, 1.54) is 19.1 Å². The van der Waals surface area contributed by atoms with Gasteiger partial charge in [-0.05, 0) is 13.0 Å². The standard InChI is InChI=1S/C13H12F2N2O3S/c1-7-12(5-10(16)6-13(7)21(17,18)19)20-11-3-8(14)2-9(15)4-11/h2-6H,16H2,1H3,(H2,17,18,19). The molecule has 0 bridgehead atoms.